The van der Waals surface area contributed by atoms with Crippen molar-refractivity contribution in [2.45, 2.75) is 39.0 Å². The summed E-state index contributed by atoms with van der Waals surface area (Å²) < 4.78 is 0. The molecule has 1 aliphatic rings. The highest BCUT2D eigenvalue weighted by Gasteiger charge is 2.22. The van der Waals surface area contributed by atoms with Gasteiger partial charge in [-0.3, -0.25) is 9.79 Å². The number of carbonyl (C=O) groups excluding carboxylic acids is 1. The summed E-state index contributed by atoms with van der Waals surface area (Å²) in [6.07, 6.45) is 9.39. The van der Waals surface area contributed by atoms with Crippen LogP contribution >= 0.6 is 0 Å². The number of carbonyl (C=O) groups is 1. The Balaban J connectivity index is 2.06. The van der Waals surface area contributed by atoms with Gasteiger partial charge in [-0.2, -0.15) is 0 Å². The highest BCUT2D eigenvalue weighted by Crippen LogP contribution is 2.37. The Morgan fingerprint density at radius 1 is 1.20 bits per heavy atom. The smallest absolute Gasteiger partial charge is 0.258 e. The van der Waals surface area contributed by atoms with Gasteiger partial charge in [0.05, 0.1) is 11.5 Å². The van der Waals surface area contributed by atoms with Crippen molar-refractivity contribution >= 4 is 24.0 Å². The second kappa shape index (κ2) is 9.83. The van der Waals surface area contributed by atoms with Gasteiger partial charge in [0.2, 0.25) is 0 Å². The summed E-state index contributed by atoms with van der Waals surface area (Å²) in [6.45, 7) is 4.27. The lowest BCUT2D eigenvalue weighted by atomic mass is 9.84. The predicted molar refractivity (Wildman–Crippen MR) is 124 cm³/mol. The molecule has 0 spiro atoms. The van der Waals surface area contributed by atoms with Crippen molar-refractivity contribution in [1.29, 1.82) is 5.41 Å². The number of aliphatic imine (C=N–C) groups is 1. The summed E-state index contributed by atoms with van der Waals surface area (Å²) in [5.41, 5.74) is 12.0. The Morgan fingerprint density at radius 2 is 2.00 bits per heavy atom. The van der Waals surface area contributed by atoms with E-state index < -0.39 is 5.91 Å². The van der Waals surface area contributed by atoms with Gasteiger partial charge in [0.15, 0.2) is 0 Å². The number of benzene rings is 2. The largest absolute Gasteiger partial charge is 0.404 e. The van der Waals surface area contributed by atoms with Gasteiger partial charge in [0.1, 0.15) is 0 Å². The molecule has 5 nitrogen and oxygen atoms in total. The molecule has 1 amide bonds. The molecule has 0 saturated heterocycles. The van der Waals surface area contributed by atoms with E-state index in [2.05, 4.69) is 49.5 Å². The van der Waals surface area contributed by atoms with Crippen LogP contribution in [0.1, 0.15) is 47.4 Å². The standard InChI is InChI=1S/C25H28N4O/c1-17-8-6-11-22(18(17)2)24(23-12-4-3-5-13-28-23)19-9-7-10-21(14-19)29-25(30)20(15-26)16-27/h6-16,24,26H,3-5,27H2,1-2H3,(H,29,30)/b20-16+,26-15?. The summed E-state index contributed by atoms with van der Waals surface area (Å²) >= 11 is 0. The monoisotopic (exact) mass is 400 g/mol. The van der Waals surface area contributed by atoms with Crippen molar-refractivity contribution < 1.29 is 4.79 Å². The molecule has 0 radical (unpaired) electrons. The summed E-state index contributed by atoms with van der Waals surface area (Å²) in [5, 5.41) is 10.2. The SMILES string of the molecule is Cc1cccc(C(C2=CCCCC=N2)c2cccc(NC(=O)/C(C=N)=C/N)c2)c1C. The average molecular weight is 401 g/mol. The Labute approximate surface area is 177 Å². The van der Waals surface area contributed by atoms with Crippen molar-refractivity contribution in [3.63, 3.8) is 0 Å². The van der Waals surface area contributed by atoms with E-state index in [1.54, 1.807) is 0 Å². The van der Waals surface area contributed by atoms with Gasteiger partial charge in [-0.1, -0.05) is 36.4 Å². The fourth-order valence-corrected chi connectivity index (χ4v) is 3.66. The highest BCUT2D eigenvalue weighted by atomic mass is 16.1. The third-order valence-electron chi connectivity index (χ3n) is 5.46. The maximum absolute atomic E-state index is 12.3. The number of nitrogens with one attached hydrogen (secondary N) is 2. The van der Waals surface area contributed by atoms with Crippen LogP contribution in [0.15, 0.2) is 71.0 Å². The molecule has 1 atom stereocenters. The van der Waals surface area contributed by atoms with E-state index >= 15 is 0 Å². The lowest BCUT2D eigenvalue weighted by Crippen LogP contribution is -2.16. The Hall–Kier alpha value is -3.47. The molecular weight excluding hydrogens is 372 g/mol. The molecule has 0 aromatic heterocycles. The fraction of sp³-hybridized carbons (Fsp3) is 0.240. The molecule has 4 N–H and O–H groups in total. The van der Waals surface area contributed by atoms with E-state index in [0.29, 0.717) is 5.69 Å². The van der Waals surface area contributed by atoms with Gasteiger partial charge in [0, 0.05) is 30.0 Å². The first-order valence-electron chi connectivity index (χ1n) is 10.2. The minimum absolute atomic E-state index is 0.0247. The van der Waals surface area contributed by atoms with Gasteiger partial charge in [0.25, 0.3) is 5.91 Å². The number of aryl methyl sites for hydroxylation is 1. The third kappa shape index (κ3) is 4.74. The van der Waals surface area contributed by atoms with Crippen molar-refractivity contribution in [2.24, 2.45) is 10.7 Å². The summed E-state index contributed by atoms with van der Waals surface area (Å²) in [6, 6.07) is 14.2. The minimum Gasteiger partial charge on any atom is -0.404 e. The highest BCUT2D eigenvalue weighted by molar-refractivity contribution is 6.17. The second-order valence-electron chi connectivity index (χ2n) is 7.44. The zero-order valence-electron chi connectivity index (χ0n) is 17.5. The Kier molecular flexibility index (Phi) is 6.96. The van der Waals surface area contributed by atoms with Crippen LogP contribution in [0, 0.1) is 19.3 Å². The number of amides is 1. The number of nitrogens with zero attached hydrogens (tertiary/aromatic N) is 1. The van der Waals surface area contributed by atoms with Crippen molar-refractivity contribution in [3.8, 4) is 0 Å². The molecule has 0 saturated carbocycles. The molecule has 2 aromatic rings. The van der Waals surface area contributed by atoms with Gasteiger partial charge in [-0.15, -0.1) is 0 Å². The fourth-order valence-electron chi connectivity index (χ4n) is 3.66. The molecular formula is C25H28N4O. The topological polar surface area (TPSA) is 91.3 Å². The number of anilines is 1. The van der Waals surface area contributed by atoms with Crippen LogP contribution in [0.4, 0.5) is 5.69 Å². The van der Waals surface area contributed by atoms with Crippen molar-refractivity contribution in [1.82, 2.24) is 0 Å². The predicted octanol–water partition coefficient (Wildman–Crippen LogP) is 5.00. The minimum atomic E-state index is -0.403. The molecule has 154 valence electrons. The molecule has 1 heterocycles. The van der Waals surface area contributed by atoms with Crippen LogP contribution in [-0.2, 0) is 4.79 Å². The van der Waals surface area contributed by atoms with E-state index in [9.17, 15) is 4.79 Å². The maximum Gasteiger partial charge on any atom is 0.258 e. The van der Waals surface area contributed by atoms with E-state index in [-0.39, 0.29) is 11.5 Å². The molecule has 0 aliphatic carbocycles. The number of hydrogen-bond acceptors (Lipinski definition) is 4. The number of allylic oxidation sites excluding steroid dienone is 2. The van der Waals surface area contributed by atoms with Crippen LogP contribution in [0.2, 0.25) is 0 Å². The van der Waals surface area contributed by atoms with Crippen LogP contribution < -0.4 is 11.1 Å². The third-order valence-corrected chi connectivity index (χ3v) is 5.46. The molecule has 5 heteroatoms. The van der Waals surface area contributed by atoms with E-state index in [1.165, 1.54) is 16.7 Å². The lowest BCUT2D eigenvalue weighted by molar-refractivity contribution is -0.112. The first-order chi connectivity index (χ1) is 14.5. The Morgan fingerprint density at radius 3 is 2.77 bits per heavy atom. The normalized spacial score (nSPS) is 15.1. The van der Waals surface area contributed by atoms with Crippen LogP contribution in [0.5, 0.6) is 0 Å². The molecule has 2 aromatic carbocycles. The van der Waals surface area contributed by atoms with Crippen molar-refractivity contribution in [2.75, 3.05) is 5.32 Å². The summed E-state index contributed by atoms with van der Waals surface area (Å²) in [4.78, 5) is 17.1. The molecule has 1 unspecified atom stereocenters. The van der Waals surface area contributed by atoms with E-state index in [0.717, 1.165) is 42.9 Å². The van der Waals surface area contributed by atoms with Crippen molar-refractivity contribution in [3.05, 3.63) is 88.3 Å². The number of nitrogens with two attached hydrogens (primary N) is 1. The molecule has 0 bridgehead atoms. The van der Waals surface area contributed by atoms with Gasteiger partial charge < -0.3 is 16.5 Å². The molecule has 30 heavy (non-hydrogen) atoms. The summed E-state index contributed by atoms with van der Waals surface area (Å²) in [7, 11) is 0. The first kappa shape index (κ1) is 21.2. The zero-order valence-corrected chi connectivity index (χ0v) is 17.5. The van der Waals surface area contributed by atoms with Gasteiger partial charge in [-0.05, 0) is 67.5 Å². The average Bonchev–Trinajstić information content (AvgIpc) is 3.02. The van der Waals surface area contributed by atoms with Gasteiger partial charge in [-0.25, -0.2) is 0 Å². The number of rotatable bonds is 6. The van der Waals surface area contributed by atoms with Gasteiger partial charge >= 0.3 is 0 Å². The summed E-state index contributed by atoms with van der Waals surface area (Å²) in [5.74, 6) is -0.428. The molecule has 0 fully saturated rings. The molecule has 1 aliphatic heterocycles. The number of hydrogen-bond donors (Lipinski definition) is 3. The van der Waals surface area contributed by atoms with E-state index in [4.69, 9.17) is 16.1 Å². The quantitative estimate of drug-likeness (QED) is 0.470. The van der Waals surface area contributed by atoms with Crippen LogP contribution in [-0.4, -0.2) is 18.3 Å². The van der Waals surface area contributed by atoms with Crippen LogP contribution in [0.3, 0.4) is 0 Å². The van der Waals surface area contributed by atoms with E-state index in [1.807, 2.05) is 24.4 Å². The molecule has 3 rings (SSSR count). The Bertz CT molecular complexity index is 1030. The maximum atomic E-state index is 12.3. The zero-order chi connectivity index (χ0) is 21.5. The van der Waals surface area contributed by atoms with Crippen LogP contribution in [0.25, 0.3) is 0 Å². The second-order valence-corrected chi connectivity index (χ2v) is 7.44. The first-order valence-corrected chi connectivity index (χ1v) is 10.2. The lowest BCUT2D eigenvalue weighted by Gasteiger charge is -2.22.